The molecule has 0 saturated carbocycles. The minimum atomic E-state index is -0.547. The van der Waals surface area contributed by atoms with Crippen molar-refractivity contribution in [1.29, 1.82) is 5.26 Å². The lowest BCUT2D eigenvalue weighted by Gasteiger charge is -2.12. The molecule has 0 radical (unpaired) electrons. The maximum Gasteiger partial charge on any atom is 0.273 e. The van der Waals surface area contributed by atoms with E-state index in [0.717, 1.165) is 16.7 Å². The molecule has 0 unspecified atom stereocenters. The predicted molar refractivity (Wildman–Crippen MR) is 105 cm³/mol. The maximum atomic E-state index is 12.5. The minimum Gasteiger partial charge on any atom is -0.321 e. The molecule has 6 heteroatoms. The fourth-order valence-electron chi connectivity index (χ4n) is 3.01. The van der Waals surface area contributed by atoms with Gasteiger partial charge in [0.05, 0.1) is 4.92 Å². The standard InChI is InChI=1S/C21H21N3O3/c1-5-17-7-6-16(11-19(17)24(26)27)10-18(12-22)21(25)23-20-14(3)8-13(2)9-15(20)4/h6-11H,5H2,1-4H3,(H,23,25)/b18-10+. The van der Waals surface area contributed by atoms with Crippen LogP contribution in [0.15, 0.2) is 35.9 Å². The Hall–Kier alpha value is -3.46. The predicted octanol–water partition coefficient (Wildman–Crippen LogP) is 4.63. The average molecular weight is 363 g/mol. The average Bonchev–Trinajstić information content (AvgIpc) is 2.62. The molecule has 6 nitrogen and oxygen atoms in total. The van der Waals surface area contributed by atoms with Crippen LogP contribution in [0.4, 0.5) is 11.4 Å². The molecule has 0 aliphatic rings. The highest BCUT2D eigenvalue weighted by Crippen LogP contribution is 2.24. The molecular weight excluding hydrogens is 342 g/mol. The molecule has 27 heavy (non-hydrogen) atoms. The number of rotatable bonds is 5. The van der Waals surface area contributed by atoms with Gasteiger partial charge in [0, 0.05) is 17.3 Å². The van der Waals surface area contributed by atoms with Crippen molar-refractivity contribution in [2.75, 3.05) is 5.32 Å². The maximum absolute atomic E-state index is 12.5. The molecule has 138 valence electrons. The Morgan fingerprint density at radius 1 is 1.22 bits per heavy atom. The third kappa shape index (κ3) is 4.59. The van der Waals surface area contributed by atoms with E-state index in [-0.39, 0.29) is 11.3 Å². The van der Waals surface area contributed by atoms with Crippen molar-refractivity contribution in [3.8, 4) is 6.07 Å². The number of nitriles is 1. The normalized spacial score (nSPS) is 11.0. The van der Waals surface area contributed by atoms with Gasteiger partial charge >= 0.3 is 0 Å². The van der Waals surface area contributed by atoms with Crippen LogP contribution in [-0.4, -0.2) is 10.8 Å². The molecule has 2 aromatic rings. The summed E-state index contributed by atoms with van der Waals surface area (Å²) in [5, 5.41) is 23.4. The SMILES string of the molecule is CCc1ccc(/C=C(\C#N)C(=O)Nc2c(C)cc(C)cc2C)cc1[N+](=O)[O-]. The monoisotopic (exact) mass is 363 g/mol. The smallest absolute Gasteiger partial charge is 0.273 e. The van der Waals surface area contributed by atoms with Gasteiger partial charge in [-0.15, -0.1) is 0 Å². The number of aryl methyl sites for hydroxylation is 4. The van der Waals surface area contributed by atoms with Crippen molar-refractivity contribution in [2.24, 2.45) is 0 Å². The fourth-order valence-corrected chi connectivity index (χ4v) is 3.01. The molecule has 0 spiro atoms. The zero-order valence-electron chi connectivity index (χ0n) is 15.8. The molecule has 1 N–H and O–H groups in total. The van der Waals surface area contributed by atoms with Crippen molar-refractivity contribution in [1.82, 2.24) is 0 Å². The Kier molecular flexibility index (Phi) is 6.09. The lowest BCUT2D eigenvalue weighted by atomic mass is 10.0. The summed E-state index contributed by atoms with van der Waals surface area (Å²) in [7, 11) is 0. The largest absolute Gasteiger partial charge is 0.321 e. The molecule has 0 aliphatic heterocycles. The third-order valence-electron chi connectivity index (χ3n) is 4.28. The lowest BCUT2D eigenvalue weighted by molar-refractivity contribution is -0.385. The van der Waals surface area contributed by atoms with Crippen molar-refractivity contribution in [2.45, 2.75) is 34.1 Å². The Bertz CT molecular complexity index is 962. The van der Waals surface area contributed by atoms with E-state index >= 15 is 0 Å². The summed E-state index contributed by atoms with van der Waals surface area (Å²) in [5.74, 6) is -0.547. The van der Waals surface area contributed by atoms with Crippen LogP contribution in [0.1, 0.15) is 34.7 Å². The molecule has 0 bridgehead atoms. The van der Waals surface area contributed by atoms with E-state index in [1.807, 2.05) is 45.9 Å². The van der Waals surface area contributed by atoms with Gasteiger partial charge in [-0.3, -0.25) is 14.9 Å². The third-order valence-corrected chi connectivity index (χ3v) is 4.28. The number of nitrogens with zero attached hydrogens (tertiary/aromatic N) is 2. The number of hydrogen-bond donors (Lipinski definition) is 1. The fraction of sp³-hybridized carbons (Fsp3) is 0.238. The van der Waals surface area contributed by atoms with Gasteiger partial charge in [-0.05, 0) is 50.0 Å². The van der Waals surface area contributed by atoms with E-state index in [9.17, 15) is 20.2 Å². The molecule has 0 fully saturated rings. The molecule has 0 heterocycles. The van der Waals surface area contributed by atoms with Crippen LogP contribution in [0, 0.1) is 42.2 Å². The van der Waals surface area contributed by atoms with Gasteiger partial charge in [-0.25, -0.2) is 0 Å². The number of benzene rings is 2. The van der Waals surface area contributed by atoms with Crippen LogP contribution in [0.2, 0.25) is 0 Å². The van der Waals surface area contributed by atoms with Crippen molar-refractivity contribution < 1.29 is 9.72 Å². The first kappa shape index (κ1) is 19.9. The van der Waals surface area contributed by atoms with E-state index in [0.29, 0.717) is 23.2 Å². The lowest BCUT2D eigenvalue weighted by Crippen LogP contribution is -2.15. The van der Waals surface area contributed by atoms with Crippen molar-refractivity contribution in [3.05, 3.63) is 73.8 Å². The molecule has 2 rings (SSSR count). The van der Waals surface area contributed by atoms with Crippen LogP contribution < -0.4 is 5.32 Å². The quantitative estimate of drug-likeness (QED) is 0.362. The highest BCUT2D eigenvalue weighted by Gasteiger charge is 2.16. The molecule has 0 aromatic heterocycles. The Labute approximate surface area is 158 Å². The molecule has 0 aliphatic carbocycles. The molecular formula is C21H21N3O3. The minimum absolute atomic E-state index is 0.0193. The first-order valence-electron chi connectivity index (χ1n) is 8.55. The number of carbonyl (C=O) groups is 1. The summed E-state index contributed by atoms with van der Waals surface area (Å²) >= 11 is 0. The van der Waals surface area contributed by atoms with Gasteiger partial charge in [-0.2, -0.15) is 5.26 Å². The van der Waals surface area contributed by atoms with Gasteiger partial charge in [-0.1, -0.05) is 36.8 Å². The summed E-state index contributed by atoms with van der Waals surface area (Å²) in [6.07, 6.45) is 1.89. The number of nitro groups is 1. The van der Waals surface area contributed by atoms with E-state index in [4.69, 9.17) is 0 Å². The van der Waals surface area contributed by atoms with Crippen LogP contribution >= 0.6 is 0 Å². The highest BCUT2D eigenvalue weighted by molar-refractivity contribution is 6.10. The first-order chi connectivity index (χ1) is 12.8. The van der Waals surface area contributed by atoms with E-state index < -0.39 is 10.8 Å². The van der Waals surface area contributed by atoms with Gasteiger partial charge in [0.25, 0.3) is 11.6 Å². The number of hydrogen-bond acceptors (Lipinski definition) is 4. The van der Waals surface area contributed by atoms with Gasteiger partial charge in [0.2, 0.25) is 0 Å². The van der Waals surface area contributed by atoms with Crippen LogP contribution in [-0.2, 0) is 11.2 Å². The van der Waals surface area contributed by atoms with E-state index in [1.54, 1.807) is 12.1 Å². The van der Waals surface area contributed by atoms with Crippen LogP contribution in [0.25, 0.3) is 6.08 Å². The molecule has 2 aromatic carbocycles. The van der Waals surface area contributed by atoms with Crippen LogP contribution in [0.3, 0.4) is 0 Å². The Balaban J connectivity index is 2.37. The highest BCUT2D eigenvalue weighted by atomic mass is 16.6. The van der Waals surface area contributed by atoms with E-state index in [1.165, 1.54) is 12.1 Å². The first-order valence-corrected chi connectivity index (χ1v) is 8.55. The number of anilines is 1. The summed E-state index contributed by atoms with van der Waals surface area (Å²) < 4.78 is 0. The Morgan fingerprint density at radius 3 is 2.37 bits per heavy atom. The number of amides is 1. The molecule has 0 saturated heterocycles. The Morgan fingerprint density at radius 2 is 1.85 bits per heavy atom. The van der Waals surface area contributed by atoms with Crippen molar-refractivity contribution >= 4 is 23.4 Å². The number of carbonyl (C=O) groups excluding carboxylic acids is 1. The van der Waals surface area contributed by atoms with Gasteiger partial charge in [0.1, 0.15) is 11.6 Å². The second-order valence-corrected chi connectivity index (χ2v) is 6.40. The molecule has 0 atom stereocenters. The zero-order valence-corrected chi connectivity index (χ0v) is 15.8. The second kappa shape index (κ2) is 8.28. The second-order valence-electron chi connectivity index (χ2n) is 6.40. The summed E-state index contributed by atoms with van der Waals surface area (Å²) in [5.41, 5.74) is 4.46. The van der Waals surface area contributed by atoms with E-state index in [2.05, 4.69) is 5.32 Å². The topological polar surface area (TPSA) is 96.0 Å². The number of nitro benzene ring substituents is 1. The zero-order chi connectivity index (χ0) is 20.1. The van der Waals surface area contributed by atoms with Gasteiger partial charge in [0.15, 0.2) is 0 Å². The van der Waals surface area contributed by atoms with Gasteiger partial charge < -0.3 is 5.32 Å². The summed E-state index contributed by atoms with van der Waals surface area (Å²) in [6.45, 7) is 7.58. The summed E-state index contributed by atoms with van der Waals surface area (Å²) in [4.78, 5) is 23.3. The van der Waals surface area contributed by atoms with Crippen molar-refractivity contribution in [3.63, 3.8) is 0 Å². The number of nitrogens with one attached hydrogen (secondary N) is 1. The van der Waals surface area contributed by atoms with Crippen LogP contribution in [0.5, 0.6) is 0 Å². The summed E-state index contributed by atoms with van der Waals surface area (Å²) in [6, 6.07) is 10.5. The molecule has 1 amide bonds.